The average molecular weight is 370 g/mol. The standard InChI is InChI=1S/C10H10BrClN2O4S/c1-18-9-3-8(7(11)4-13-9)14-5-6(2-10(14)15)19(12,16)17/h3-4,6H,2,5H2,1H3. The van der Waals surface area contributed by atoms with Gasteiger partial charge >= 0.3 is 0 Å². The molecule has 0 aliphatic carbocycles. The first kappa shape index (κ1) is 14.5. The van der Waals surface area contributed by atoms with Gasteiger partial charge in [0.05, 0.1) is 17.3 Å². The van der Waals surface area contributed by atoms with E-state index in [1.165, 1.54) is 18.2 Å². The number of nitrogens with zero attached hydrogens (tertiary/aromatic N) is 2. The van der Waals surface area contributed by atoms with Crippen LogP contribution in [0.15, 0.2) is 16.7 Å². The first-order valence-corrected chi connectivity index (χ1v) is 8.43. The van der Waals surface area contributed by atoms with Crippen molar-refractivity contribution in [3.8, 4) is 5.88 Å². The highest BCUT2D eigenvalue weighted by molar-refractivity contribution is 9.10. The summed E-state index contributed by atoms with van der Waals surface area (Å²) in [5, 5.41) is -0.896. The van der Waals surface area contributed by atoms with Crippen LogP contribution in [0.1, 0.15) is 6.42 Å². The molecule has 0 saturated carbocycles. The lowest BCUT2D eigenvalue weighted by molar-refractivity contribution is -0.117. The quantitative estimate of drug-likeness (QED) is 0.755. The molecule has 2 rings (SSSR count). The molecule has 1 aliphatic rings. The summed E-state index contributed by atoms with van der Waals surface area (Å²) in [6.45, 7) is 0.0242. The molecule has 1 amide bonds. The van der Waals surface area contributed by atoms with Crippen LogP contribution in [0.2, 0.25) is 0 Å². The average Bonchev–Trinajstić information content (AvgIpc) is 2.72. The monoisotopic (exact) mass is 368 g/mol. The van der Waals surface area contributed by atoms with Crippen LogP contribution >= 0.6 is 26.6 Å². The number of methoxy groups -OCH3 is 1. The fraction of sp³-hybridized carbons (Fsp3) is 0.400. The van der Waals surface area contributed by atoms with Crippen LogP contribution in [0.5, 0.6) is 5.88 Å². The highest BCUT2D eigenvalue weighted by Gasteiger charge is 2.38. The van der Waals surface area contributed by atoms with Gasteiger partial charge in [-0.25, -0.2) is 13.4 Å². The maximum Gasteiger partial charge on any atom is 0.237 e. The topological polar surface area (TPSA) is 76.6 Å². The van der Waals surface area contributed by atoms with Gasteiger partial charge < -0.3 is 9.64 Å². The minimum Gasteiger partial charge on any atom is -0.481 e. The normalized spacial score (nSPS) is 19.8. The fourth-order valence-corrected chi connectivity index (χ4v) is 3.28. The summed E-state index contributed by atoms with van der Waals surface area (Å²) in [6, 6.07) is 1.56. The van der Waals surface area contributed by atoms with Gasteiger partial charge in [-0.15, -0.1) is 0 Å². The first-order chi connectivity index (χ1) is 8.82. The van der Waals surface area contributed by atoms with Crippen molar-refractivity contribution in [2.75, 3.05) is 18.6 Å². The van der Waals surface area contributed by atoms with Crippen molar-refractivity contribution < 1.29 is 17.9 Å². The van der Waals surface area contributed by atoms with Gasteiger partial charge in [-0.2, -0.15) is 0 Å². The molecular formula is C10H10BrClN2O4S. The Balaban J connectivity index is 2.35. The molecule has 0 bridgehead atoms. The molecule has 6 nitrogen and oxygen atoms in total. The van der Waals surface area contributed by atoms with Gasteiger partial charge in [-0.05, 0) is 15.9 Å². The Morgan fingerprint density at radius 1 is 1.58 bits per heavy atom. The number of carbonyl (C=O) groups excluding carboxylic acids is 1. The van der Waals surface area contributed by atoms with Gasteiger partial charge in [0.2, 0.25) is 20.8 Å². The Morgan fingerprint density at radius 3 is 2.79 bits per heavy atom. The number of halogens is 2. The predicted molar refractivity (Wildman–Crippen MR) is 74.0 cm³/mol. The molecule has 1 unspecified atom stereocenters. The van der Waals surface area contributed by atoms with E-state index in [0.717, 1.165) is 0 Å². The number of carbonyl (C=O) groups is 1. The van der Waals surface area contributed by atoms with Crippen LogP contribution < -0.4 is 9.64 Å². The molecular weight excluding hydrogens is 360 g/mol. The molecule has 0 spiro atoms. The molecule has 1 aliphatic heterocycles. The zero-order valence-electron chi connectivity index (χ0n) is 9.84. The molecule has 2 heterocycles. The lowest BCUT2D eigenvalue weighted by Crippen LogP contribution is -2.27. The van der Waals surface area contributed by atoms with Crippen LogP contribution in [0, 0.1) is 0 Å². The van der Waals surface area contributed by atoms with E-state index in [1.807, 2.05) is 0 Å². The van der Waals surface area contributed by atoms with Crippen molar-refractivity contribution in [2.24, 2.45) is 0 Å². The van der Waals surface area contributed by atoms with Gasteiger partial charge in [0.1, 0.15) is 5.25 Å². The maximum absolute atomic E-state index is 11.9. The van der Waals surface area contributed by atoms with Crippen LogP contribution in [-0.4, -0.2) is 38.2 Å². The van der Waals surface area contributed by atoms with Crippen LogP contribution in [0.25, 0.3) is 0 Å². The number of anilines is 1. The van der Waals surface area contributed by atoms with E-state index in [-0.39, 0.29) is 18.9 Å². The van der Waals surface area contributed by atoms with Crippen LogP contribution in [0.3, 0.4) is 0 Å². The first-order valence-electron chi connectivity index (χ1n) is 5.26. The maximum atomic E-state index is 11.9. The summed E-state index contributed by atoms with van der Waals surface area (Å²) < 4.78 is 28.2. The summed E-state index contributed by atoms with van der Waals surface area (Å²) in [5.41, 5.74) is 0.514. The molecule has 19 heavy (non-hydrogen) atoms. The zero-order valence-corrected chi connectivity index (χ0v) is 13.0. The van der Waals surface area contributed by atoms with E-state index in [9.17, 15) is 13.2 Å². The number of ether oxygens (including phenoxy) is 1. The third kappa shape index (κ3) is 3.01. The summed E-state index contributed by atoms with van der Waals surface area (Å²) >= 11 is 3.27. The van der Waals surface area contributed by atoms with Crippen molar-refractivity contribution in [2.45, 2.75) is 11.7 Å². The minimum absolute atomic E-state index is 0.0242. The van der Waals surface area contributed by atoms with Gasteiger partial charge in [-0.3, -0.25) is 4.79 Å². The highest BCUT2D eigenvalue weighted by Crippen LogP contribution is 2.33. The molecule has 0 radical (unpaired) electrons. The second-order valence-electron chi connectivity index (χ2n) is 3.98. The summed E-state index contributed by atoms with van der Waals surface area (Å²) in [6.07, 6.45) is 1.37. The Morgan fingerprint density at radius 2 is 2.26 bits per heavy atom. The van der Waals surface area contributed by atoms with Crippen molar-refractivity contribution in [1.29, 1.82) is 0 Å². The smallest absolute Gasteiger partial charge is 0.237 e. The van der Waals surface area contributed by atoms with E-state index < -0.39 is 14.3 Å². The van der Waals surface area contributed by atoms with Crippen LogP contribution in [0.4, 0.5) is 5.69 Å². The van der Waals surface area contributed by atoms with Crippen molar-refractivity contribution in [3.63, 3.8) is 0 Å². The molecule has 0 N–H and O–H groups in total. The third-order valence-electron chi connectivity index (χ3n) is 2.80. The largest absolute Gasteiger partial charge is 0.481 e. The van der Waals surface area contributed by atoms with E-state index in [0.29, 0.717) is 16.0 Å². The zero-order chi connectivity index (χ0) is 14.2. The summed E-state index contributed by atoms with van der Waals surface area (Å²) in [5.74, 6) is 0.0337. The second kappa shape index (κ2) is 5.26. The number of hydrogen-bond acceptors (Lipinski definition) is 5. The molecule has 1 atom stereocenters. The Bertz CT molecular complexity index is 622. The molecule has 1 fully saturated rings. The van der Waals surface area contributed by atoms with Gasteiger partial charge in [-0.1, -0.05) is 0 Å². The van der Waals surface area contributed by atoms with Gasteiger partial charge in [0.15, 0.2) is 0 Å². The highest BCUT2D eigenvalue weighted by atomic mass is 79.9. The van der Waals surface area contributed by atoms with E-state index >= 15 is 0 Å². The Labute approximate surface area is 123 Å². The molecule has 1 saturated heterocycles. The molecule has 0 aromatic carbocycles. The van der Waals surface area contributed by atoms with Crippen LogP contribution in [-0.2, 0) is 13.8 Å². The molecule has 1 aromatic rings. The summed E-state index contributed by atoms with van der Waals surface area (Å²) in [4.78, 5) is 17.2. The fourth-order valence-electron chi connectivity index (χ4n) is 1.82. The minimum atomic E-state index is -3.76. The lowest BCUT2D eigenvalue weighted by atomic mass is 10.3. The van der Waals surface area contributed by atoms with E-state index in [4.69, 9.17) is 15.4 Å². The Hall–Kier alpha value is -0.860. The van der Waals surface area contributed by atoms with Gasteiger partial charge in [0, 0.05) is 35.9 Å². The second-order valence-corrected chi connectivity index (χ2v) is 7.75. The molecule has 104 valence electrons. The number of aromatic nitrogens is 1. The lowest BCUT2D eigenvalue weighted by Gasteiger charge is -2.18. The predicted octanol–water partition coefficient (Wildman–Crippen LogP) is 1.53. The molecule has 9 heteroatoms. The number of rotatable bonds is 3. The Kier molecular flexibility index (Phi) is 4.03. The van der Waals surface area contributed by atoms with E-state index in [1.54, 1.807) is 6.07 Å². The summed E-state index contributed by atoms with van der Waals surface area (Å²) in [7, 11) is 3.00. The van der Waals surface area contributed by atoms with E-state index in [2.05, 4.69) is 20.9 Å². The van der Waals surface area contributed by atoms with Crippen molar-refractivity contribution >= 4 is 47.3 Å². The third-order valence-corrected chi connectivity index (χ3v) is 5.28. The molecule has 1 aromatic heterocycles. The van der Waals surface area contributed by atoms with Crippen molar-refractivity contribution in [3.05, 3.63) is 16.7 Å². The number of hydrogen-bond donors (Lipinski definition) is 0. The number of amides is 1. The van der Waals surface area contributed by atoms with Gasteiger partial charge in [0.25, 0.3) is 0 Å². The van der Waals surface area contributed by atoms with Crippen molar-refractivity contribution in [1.82, 2.24) is 4.98 Å². The SMILES string of the molecule is COc1cc(N2CC(S(=O)(=O)Cl)CC2=O)c(Br)cn1. The number of pyridine rings is 1.